The van der Waals surface area contributed by atoms with Crippen molar-refractivity contribution in [2.75, 3.05) is 13.2 Å². The van der Waals surface area contributed by atoms with Gasteiger partial charge < -0.3 is 9.47 Å². The molecule has 0 N–H and O–H groups in total. The first-order valence-electron chi connectivity index (χ1n) is 6.55. The molecule has 0 aromatic heterocycles. The zero-order valence-corrected chi connectivity index (χ0v) is 15.3. The number of aryl methyl sites for hydroxylation is 1. The van der Waals surface area contributed by atoms with Gasteiger partial charge in [-0.1, -0.05) is 55.6 Å². The largest absolute Gasteiger partial charge is 0.486 e. The summed E-state index contributed by atoms with van der Waals surface area (Å²) in [6.45, 7) is 3.19. The minimum absolute atomic E-state index is 0.0178. The second kappa shape index (κ2) is 6.19. The molecule has 2 aromatic carbocycles. The van der Waals surface area contributed by atoms with Crippen molar-refractivity contribution in [2.24, 2.45) is 0 Å². The summed E-state index contributed by atoms with van der Waals surface area (Å²) in [5.74, 6) is 1.45. The van der Waals surface area contributed by atoms with E-state index < -0.39 is 0 Å². The Hall–Kier alpha value is -0.710. The highest BCUT2D eigenvalue weighted by Crippen LogP contribution is 2.43. The van der Waals surface area contributed by atoms with E-state index in [4.69, 9.17) is 21.1 Å². The molecule has 0 saturated carbocycles. The molecule has 2 aromatic rings. The van der Waals surface area contributed by atoms with Gasteiger partial charge in [0, 0.05) is 15.6 Å². The first-order valence-corrected chi connectivity index (χ1v) is 8.64. The summed E-state index contributed by atoms with van der Waals surface area (Å²) in [5.41, 5.74) is 3.29. The van der Waals surface area contributed by atoms with E-state index in [0.717, 1.165) is 21.3 Å². The number of halogens is 3. The summed E-state index contributed by atoms with van der Waals surface area (Å²) in [6, 6.07) is 10.0. The van der Waals surface area contributed by atoms with Crippen LogP contribution in [0, 0.1) is 6.92 Å². The maximum absolute atomic E-state index is 6.41. The Morgan fingerprint density at radius 3 is 2.38 bits per heavy atom. The molecule has 0 bridgehead atoms. The molecule has 1 aliphatic heterocycles. The van der Waals surface area contributed by atoms with Crippen LogP contribution in [-0.4, -0.2) is 13.2 Å². The first-order chi connectivity index (χ1) is 10.1. The molecule has 1 atom stereocenters. The number of benzene rings is 2. The van der Waals surface area contributed by atoms with Gasteiger partial charge in [-0.3, -0.25) is 0 Å². The third-order valence-corrected chi connectivity index (χ3v) is 5.36. The summed E-state index contributed by atoms with van der Waals surface area (Å²) in [6.07, 6.45) is 0. The Kier molecular flexibility index (Phi) is 4.48. The average molecular weight is 433 g/mol. The molecule has 0 aliphatic carbocycles. The van der Waals surface area contributed by atoms with Crippen LogP contribution in [0.5, 0.6) is 11.5 Å². The molecule has 1 unspecified atom stereocenters. The Morgan fingerprint density at radius 1 is 1.05 bits per heavy atom. The standard InChI is InChI=1S/C16H13Br2ClO2/c1-9-2-3-10(12(17)6-9)16(18)11-7-14-15(8-13(11)19)21-5-4-20-14/h2-3,6-8,16H,4-5H2,1H3. The Balaban J connectivity index is 2.03. The molecule has 2 nitrogen and oxygen atoms in total. The maximum Gasteiger partial charge on any atom is 0.162 e. The molecule has 0 radical (unpaired) electrons. The van der Waals surface area contributed by atoms with Crippen molar-refractivity contribution in [3.63, 3.8) is 0 Å². The van der Waals surface area contributed by atoms with E-state index in [1.165, 1.54) is 5.56 Å². The summed E-state index contributed by atoms with van der Waals surface area (Å²) < 4.78 is 12.2. The number of rotatable bonds is 2. The topological polar surface area (TPSA) is 18.5 Å². The highest BCUT2D eigenvalue weighted by Gasteiger charge is 2.21. The van der Waals surface area contributed by atoms with Crippen LogP contribution in [0.2, 0.25) is 5.02 Å². The Labute approximate surface area is 145 Å². The lowest BCUT2D eigenvalue weighted by Gasteiger charge is -2.22. The second-order valence-corrected chi connectivity index (χ2v) is 7.08. The zero-order valence-electron chi connectivity index (χ0n) is 11.3. The van der Waals surface area contributed by atoms with Gasteiger partial charge in [0.05, 0.1) is 4.83 Å². The van der Waals surface area contributed by atoms with Crippen LogP contribution in [0.15, 0.2) is 34.8 Å². The summed E-state index contributed by atoms with van der Waals surface area (Å²) in [5, 5.41) is 0.661. The minimum atomic E-state index is -0.0178. The van der Waals surface area contributed by atoms with Gasteiger partial charge in [-0.25, -0.2) is 0 Å². The van der Waals surface area contributed by atoms with E-state index in [9.17, 15) is 0 Å². The maximum atomic E-state index is 6.41. The average Bonchev–Trinajstić information content (AvgIpc) is 2.46. The van der Waals surface area contributed by atoms with Crippen molar-refractivity contribution < 1.29 is 9.47 Å². The van der Waals surface area contributed by atoms with Crippen LogP contribution < -0.4 is 9.47 Å². The fraction of sp³-hybridized carbons (Fsp3) is 0.250. The Morgan fingerprint density at radius 2 is 1.71 bits per heavy atom. The molecule has 5 heteroatoms. The van der Waals surface area contributed by atoms with Crippen molar-refractivity contribution >= 4 is 43.5 Å². The number of ether oxygens (including phenoxy) is 2. The van der Waals surface area contributed by atoms with Crippen molar-refractivity contribution in [3.8, 4) is 11.5 Å². The fourth-order valence-electron chi connectivity index (χ4n) is 2.28. The van der Waals surface area contributed by atoms with Crippen LogP contribution >= 0.6 is 43.5 Å². The predicted octanol–water partition coefficient (Wildman–Crippen LogP) is 5.67. The van der Waals surface area contributed by atoms with Crippen molar-refractivity contribution in [1.82, 2.24) is 0 Å². The molecular weight excluding hydrogens is 419 g/mol. The summed E-state index contributed by atoms with van der Waals surface area (Å²) in [4.78, 5) is -0.0178. The normalized spacial score (nSPS) is 14.9. The van der Waals surface area contributed by atoms with Gasteiger partial charge in [0.25, 0.3) is 0 Å². The molecule has 3 rings (SSSR count). The van der Waals surface area contributed by atoms with Crippen LogP contribution in [-0.2, 0) is 0 Å². The predicted molar refractivity (Wildman–Crippen MR) is 92.1 cm³/mol. The molecular formula is C16H13Br2ClO2. The molecule has 1 heterocycles. The molecule has 21 heavy (non-hydrogen) atoms. The van der Waals surface area contributed by atoms with Gasteiger partial charge in [0.2, 0.25) is 0 Å². The third-order valence-electron chi connectivity index (χ3n) is 3.36. The monoisotopic (exact) mass is 430 g/mol. The number of hydrogen-bond donors (Lipinski definition) is 0. The van der Waals surface area contributed by atoms with Crippen molar-refractivity contribution in [3.05, 3.63) is 56.5 Å². The summed E-state index contributed by atoms with van der Waals surface area (Å²) in [7, 11) is 0. The van der Waals surface area contributed by atoms with Gasteiger partial charge in [-0.15, -0.1) is 0 Å². The van der Waals surface area contributed by atoms with Crippen molar-refractivity contribution in [1.29, 1.82) is 0 Å². The van der Waals surface area contributed by atoms with Crippen LogP contribution in [0.25, 0.3) is 0 Å². The van der Waals surface area contributed by atoms with Crippen LogP contribution in [0.3, 0.4) is 0 Å². The first kappa shape index (κ1) is 15.2. The highest BCUT2D eigenvalue weighted by molar-refractivity contribution is 9.11. The number of alkyl halides is 1. The number of hydrogen-bond acceptors (Lipinski definition) is 2. The van der Waals surface area contributed by atoms with E-state index in [-0.39, 0.29) is 4.83 Å². The Bertz CT molecular complexity index is 688. The van der Waals surface area contributed by atoms with Gasteiger partial charge in [-0.05, 0) is 35.7 Å². The molecule has 1 aliphatic rings. The molecule has 0 fully saturated rings. The molecule has 0 amide bonds. The van der Waals surface area contributed by atoms with E-state index >= 15 is 0 Å². The zero-order chi connectivity index (χ0) is 15.0. The second-order valence-electron chi connectivity index (χ2n) is 4.90. The number of fused-ring (bicyclic) bond motifs is 1. The van der Waals surface area contributed by atoms with Gasteiger partial charge in [-0.2, -0.15) is 0 Å². The smallest absolute Gasteiger partial charge is 0.162 e. The lowest BCUT2D eigenvalue weighted by molar-refractivity contribution is 0.171. The van der Waals surface area contributed by atoms with Crippen LogP contribution in [0.1, 0.15) is 21.5 Å². The van der Waals surface area contributed by atoms with Gasteiger partial charge in [0.1, 0.15) is 13.2 Å². The van der Waals surface area contributed by atoms with E-state index in [2.05, 4.69) is 57.0 Å². The van der Waals surface area contributed by atoms with Crippen LogP contribution in [0.4, 0.5) is 0 Å². The van der Waals surface area contributed by atoms with E-state index in [1.54, 1.807) is 0 Å². The quantitative estimate of drug-likeness (QED) is 0.570. The van der Waals surface area contributed by atoms with E-state index in [0.29, 0.717) is 24.0 Å². The lowest BCUT2D eigenvalue weighted by Crippen LogP contribution is -2.15. The SMILES string of the molecule is Cc1ccc(C(Br)c2cc3c(cc2Cl)OCCO3)c(Br)c1. The lowest BCUT2D eigenvalue weighted by atomic mass is 10.0. The minimum Gasteiger partial charge on any atom is -0.486 e. The van der Waals surface area contributed by atoms with E-state index in [1.807, 2.05) is 12.1 Å². The fourth-order valence-corrected chi connectivity index (χ4v) is 4.48. The third kappa shape index (κ3) is 3.08. The molecule has 110 valence electrons. The molecule has 0 saturated heterocycles. The van der Waals surface area contributed by atoms with Crippen molar-refractivity contribution in [2.45, 2.75) is 11.8 Å². The van der Waals surface area contributed by atoms with Gasteiger partial charge in [0.15, 0.2) is 11.5 Å². The summed E-state index contributed by atoms with van der Waals surface area (Å²) >= 11 is 13.8. The molecule has 0 spiro atoms. The highest BCUT2D eigenvalue weighted by atomic mass is 79.9. The van der Waals surface area contributed by atoms with Gasteiger partial charge >= 0.3 is 0 Å².